The molecule has 0 spiro atoms. The number of hydrogen-bond acceptors (Lipinski definition) is 4. The first-order valence-corrected chi connectivity index (χ1v) is 10.6. The summed E-state index contributed by atoms with van der Waals surface area (Å²) in [6.07, 6.45) is 0.704. The Morgan fingerprint density at radius 2 is 1.61 bits per heavy atom. The van der Waals surface area contributed by atoms with E-state index in [2.05, 4.69) is 10.1 Å². The molecule has 4 nitrogen and oxygen atoms in total. The van der Waals surface area contributed by atoms with Gasteiger partial charge in [-0.1, -0.05) is 78.0 Å². The molecule has 160 valence electrons. The third-order valence-electron chi connectivity index (χ3n) is 5.40. The molecule has 3 aromatic carbocycles. The van der Waals surface area contributed by atoms with Crippen molar-refractivity contribution in [2.45, 2.75) is 31.6 Å². The number of oxime groups is 1. The Balaban J connectivity index is 1.40. The van der Waals surface area contributed by atoms with Crippen LogP contribution in [0.15, 0.2) is 90.1 Å². The van der Waals surface area contributed by atoms with E-state index in [0.29, 0.717) is 26.1 Å². The predicted octanol–water partition coefficient (Wildman–Crippen LogP) is 4.42. The van der Waals surface area contributed by atoms with Crippen molar-refractivity contribution in [3.8, 4) is 0 Å². The highest BCUT2D eigenvalue weighted by molar-refractivity contribution is 6.01. The minimum atomic E-state index is -0.515. The van der Waals surface area contributed by atoms with Crippen molar-refractivity contribution >= 4 is 5.71 Å². The van der Waals surface area contributed by atoms with Gasteiger partial charge in [0.25, 0.3) is 0 Å². The van der Waals surface area contributed by atoms with E-state index in [-0.39, 0.29) is 11.9 Å². The van der Waals surface area contributed by atoms with Crippen LogP contribution >= 0.6 is 0 Å². The number of aliphatic hydroxyl groups is 1. The molecule has 0 saturated carbocycles. The van der Waals surface area contributed by atoms with E-state index in [1.54, 1.807) is 12.1 Å². The number of benzene rings is 3. The lowest BCUT2D eigenvalue weighted by molar-refractivity contribution is 0.0322. The van der Waals surface area contributed by atoms with E-state index in [0.717, 1.165) is 28.8 Å². The molecule has 3 aromatic rings. The summed E-state index contributed by atoms with van der Waals surface area (Å²) in [6.45, 7) is 1.72. The Hall–Kier alpha value is -3.02. The monoisotopic (exact) mass is 418 g/mol. The smallest absolute Gasteiger partial charge is 0.145 e. The van der Waals surface area contributed by atoms with E-state index in [4.69, 9.17) is 4.84 Å². The second kappa shape index (κ2) is 10.3. The maximum atomic E-state index is 13.3. The van der Waals surface area contributed by atoms with Crippen molar-refractivity contribution in [2.24, 2.45) is 5.16 Å². The first-order chi connectivity index (χ1) is 15.2. The van der Waals surface area contributed by atoms with Crippen LogP contribution in [0.5, 0.6) is 0 Å². The Morgan fingerprint density at radius 3 is 2.32 bits per heavy atom. The molecule has 0 unspecified atom stereocenters. The van der Waals surface area contributed by atoms with Crippen LogP contribution in [0.2, 0.25) is 0 Å². The van der Waals surface area contributed by atoms with Gasteiger partial charge in [0.2, 0.25) is 0 Å². The van der Waals surface area contributed by atoms with Gasteiger partial charge in [-0.2, -0.15) is 0 Å². The van der Waals surface area contributed by atoms with Gasteiger partial charge in [0.1, 0.15) is 11.9 Å². The van der Waals surface area contributed by atoms with Crippen molar-refractivity contribution in [1.29, 1.82) is 0 Å². The molecule has 0 amide bonds. The second-order valence-electron chi connectivity index (χ2n) is 8.00. The number of aliphatic hydroxyl groups excluding tert-OH is 1. The van der Waals surface area contributed by atoms with Crippen molar-refractivity contribution in [3.63, 3.8) is 0 Å². The van der Waals surface area contributed by atoms with Crippen LogP contribution in [0, 0.1) is 5.82 Å². The topological polar surface area (TPSA) is 45.1 Å². The van der Waals surface area contributed by atoms with Crippen LogP contribution in [0.3, 0.4) is 0 Å². The number of rotatable bonds is 9. The zero-order valence-corrected chi connectivity index (χ0v) is 17.4. The molecule has 1 aliphatic heterocycles. The molecule has 1 N–H and O–H groups in total. The maximum Gasteiger partial charge on any atom is 0.145 e. The van der Waals surface area contributed by atoms with Gasteiger partial charge >= 0.3 is 0 Å². The van der Waals surface area contributed by atoms with Gasteiger partial charge in [-0.05, 0) is 35.2 Å². The fraction of sp³-hybridized carbons (Fsp3) is 0.269. The number of hydrogen-bond donors (Lipinski definition) is 1. The van der Waals surface area contributed by atoms with Gasteiger partial charge in [0.15, 0.2) is 0 Å². The molecule has 0 radical (unpaired) electrons. The fourth-order valence-electron chi connectivity index (χ4n) is 3.92. The molecular weight excluding hydrogens is 391 g/mol. The van der Waals surface area contributed by atoms with Gasteiger partial charge in [-0.25, -0.2) is 4.39 Å². The van der Waals surface area contributed by atoms with Gasteiger partial charge in [0.05, 0.1) is 11.8 Å². The third-order valence-corrected chi connectivity index (χ3v) is 5.40. The molecular formula is C26H27FN2O2. The summed E-state index contributed by atoms with van der Waals surface area (Å²) in [6, 6.07) is 26.5. The van der Waals surface area contributed by atoms with Crippen molar-refractivity contribution in [3.05, 3.63) is 107 Å². The summed E-state index contributed by atoms with van der Waals surface area (Å²) in [4.78, 5) is 7.87. The molecule has 0 fully saturated rings. The molecule has 0 bridgehead atoms. The Labute approximate surface area is 182 Å². The summed E-state index contributed by atoms with van der Waals surface area (Å²) in [5.74, 6) is -0.251. The lowest BCUT2D eigenvalue weighted by Crippen LogP contribution is -2.38. The highest BCUT2D eigenvalue weighted by atomic mass is 19.1. The summed E-state index contributed by atoms with van der Waals surface area (Å²) in [5, 5.41) is 15.0. The normalized spacial score (nSPS) is 16.7. The molecule has 0 aliphatic carbocycles. The second-order valence-corrected chi connectivity index (χ2v) is 8.00. The minimum absolute atomic E-state index is 0.0837. The molecule has 0 aromatic heterocycles. The summed E-state index contributed by atoms with van der Waals surface area (Å²) >= 11 is 0. The van der Waals surface area contributed by atoms with Crippen molar-refractivity contribution in [1.82, 2.24) is 4.90 Å². The molecule has 5 heteroatoms. The fourth-order valence-corrected chi connectivity index (χ4v) is 3.92. The largest absolute Gasteiger partial charge is 0.391 e. The highest BCUT2D eigenvalue weighted by Gasteiger charge is 2.25. The van der Waals surface area contributed by atoms with Crippen LogP contribution in [0.1, 0.15) is 23.1 Å². The quantitative estimate of drug-likeness (QED) is 0.559. The van der Waals surface area contributed by atoms with Crippen molar-refractivity contribution < 1.29 is 14.3 Å². The van der Waals surface area contributed by atoms with Crippen LogP contribution in [0.25, 0.3) is 0 Å². The van der Waals surface area contributed by atoms with Gasteiger partial charge in [-0.3, -0.25) is 4.90 Å². The van der Waals surface area contributed by atoms with Crippen LogP contribution < -0.4 is 0 Å². The van der Waals surface area contributed by atoms with Crippen LogP contribution in [0.4, 0.5) is 4.39 Å². The Kier molecular flexibility index (Phi) is 7.07. The number of halogens is 1. The van der Waals surface area contributed by atoms with Crippen LogP contribution in [-0.4, -0.2) is 41.0 Å². The molecule has 2 atom stereocenters. The molecule has 1 aliphatic rings. The Bertz CT molecular complexity index is 977. The average Bonchev–Trinajstić information content (AvgIpc) is 3.25. The van der Waals surface area contributed by atoms with E-state index in [1.807, 2.05) is 60.7 Å². The van der Waals surface area contributed by atoms with Crippen molar-refractivity contribution in [2.75, 3.05) is 13.1 Å². The molecule has 31 heavy (non-hydrogen) atoms. The standard InChI is InChI=1S/C26H27FN2O2/c27-23-13-11-21(12-14-23)17-29(18-24(30)15-20-7-3-1-4-8-20)19-25-16-26(28-31-25)22-9-5-2-6-10-22/h1-14,24-25,30H,15-19H2/t24-,25-/m0/s1. The zero-order chi connectivity index (χ0) is 21.5. The van der Waals surface area contributed by atoms with Gasteiger partial charge < -0.3 is 9.94 Å². The Morgan fingerprint density at radius 1 is 0.935 bits per heavy atom. The summed E-state index contributed by atoms with van der Waals surface area (Å²) in [5.41, 5.74) is 4.11. The van der Waals surface area contributed by atoms with E-state index in [1.165, 1.54) is 12.1 Å². The maximum absolute atomic E-state index is 13.3. The lowest BCUT2D eigenvalue weighted by atomic mass is 10.0. The summed E-state index contributed by atoms with van der Waals surface area (Å²) < 4.78 is 13.3. The summed E-state index contributed by atoms with van der Waals surface area (Å²) in [7, 11) is 0. The average molecular weight is 419 g/mol. The van der Waals surface area contributed by atoms with Crippen LogP contribution in [-0.2, 0) is 17.8 Å². The minimum Gasteiger partial charge on any atom is -0.391 e. The SMILES string of the molecule is O[C@@H](Cc1ccccc1)CN(Cc1ccc(F)cc1)C[C@@H]1CC(c2ccccc2)=NO1. The lowest BCUT2D eigenvalue weighted by Gasteiger charge is -2.27. The van der Waals surface area contributed by atoms with E-state index < -0.39 is 6.10 Å². The number of nitrogens with zero attached hydrogens (tertiary/aromatic N) is 2. The van der Waals surface area contributed by atoms with E-state index >= 15 is 0 Å². The first kappa shape index (κ1) is 21.2. The van der Waals surface area contributed by atoms with Gasteiger partial charge in [0, 0.05) is 26.1 Å². The molecule has 4 rings (SSSR count). The van der Waals surface area contributed by atoms with E-state index in [9.17, 15) is 9.50 Å². The zero-order valence-electron chi connectivity index (χ0n) is 17.4. The molecule has 1 heterocycles. The first-order valence-electron chi connectivity index (χ1n) is 10.6. The third kappa shape index (κ3) is 6.23. The highest BCUT2D eigenvalue weighted by Crippen LogP contribution is 2.19. The predicted molar refractivity (Wildman–Crippen MR) is 120 cm³/mol. The molecule has 0 saturated heterocycles. The van der Waals surface area contributed by atoms with Gasteiger partial charge in [-0.15, -0.1) is 0 Å².